The summed E-state index contributed by atoms with van der Waals surface area (Å²) in [7, 11) is 0. The van der Waals surface area contributed by atoms with E-state index in [4.69, 9.17) is 23.2 Å². The Morgan fingerprint density at radius 1 is 0.692 bits per heavy atom. The van der Waals surface area contributed by atoms with Gasteiger partial charge in [-0.3, -0.25) is 9.13 Å². The molecule has 0 rings (SSSR count). The van der Waals surface area contributed by atoms with Gasteiger partial charge in [-0.25, -0.2) is 0 Å². The summed E-state index contributed by atoms with van der Waals surface area (Å²) in [5, 5.41) is -6.25. The first kappa shape index (κ1) is 21.1. The minimum absolute atomic E-state index is 0.194. The minimum atomic E-state index is -3.22. The van der Waals surface area contributed by atoms with Gasteiger partial charge in [0.15, 0.2) is 0 Å². The van der Waals surface area contributed by atoms with Gasteiger partial charge in [-0.1, -0.05) is 0 Å². The second-order valence-corrected chi connectivity index (χ2v) is 15.0. The molecule has 0 heterocycles. The molecule has 0 aromatic rings. The molecule has 0 saturated carbocycles. The number of rotatable bonds is 0. The fraction of sp³-hybridized carbons (Fsp3) is 1.00. The number of hydrogen-bond donors (Lipinski definition) is 0. The number of alkyl halides is 2. The molecule has 0 unspecified atom stereocenters. The third-order valence-electron chi connectivity index (χ3n) is 0. The molecule has 0 saturated heterocycles. The molecule has 2 nitrogen and oxygen atoms in total. The van der Waals surface area contributed by atoms with Crippen molar-refractivity contribution >= 4 is 101 Å². The lowest BCUT2D eigenvalue weighted by Gasteiger charge is -1.74. The van der Waals surface area contributed by atoms with E-state index in [2.05, 4.69) is 67.4 Å². The van der Waals surface area contributed by atoms with Gasteiger partial charge in [-0.15, -0.1) is 23.2 Å². The summed E-state index contributed by atoms with van der Waals surface area (Å²) in [5.74, 6) is 0. The van der Waals surface area contributed by atoms with Gasteiger partial charge in [0.05, 0.1) is 5.34 Å². The molecule has 0 atom stereocenters. The summed E-state index contributed by atoms with van der Waals surface area (Å²) >= 11 is 37.2. The van der Waals surface area contributed by atoms with Gasteiger partial charge in [0, 0.05) is 0 Å². The average molecular weight is 392 g/mol. The third kappa shape index (κ3) is 312. The highest BCUT2D eigenvalue weighted by Crippen LogP contribution is 2.61. The summed E-state index contributed by atoms with van der Waals surface area (Å²) in [5.41, 5.74) is 0. The highest BCUT2D eigenvalue weighted by atomic mass is 36.1. The van der Waals surface area contributed by atoms with Crippen LogP contribution in [0.15, 0.2) is 0 Å². The summed E-state index contributed by atoms with van der Waals surface area (Å²) in [6.45, 7) is 0. The Balaban J connectivity index is -0.000000120. The van der Waals surface area contributed by atoms with Crippen LogP contribution in [0.5, 0.6) is 0 Å². The van der Waals surface area contributed by atoms with Gasteiger partial charge in [0.25, 0.3) is 0 Å². The molecule has 0 aliphatic rings. The predicted molar refractivity (Wildman–Crippen MR) is 66.9 cm³/mol. The van der Waals surface area contributed by atoms with Gasteiger partial charge < -0.3 is 0 Å². The molecule has 0 amide bonds. The molecule has 0 N–H and O–H groups in total. The van der Waals surface area contributed by atoms with Crippen LogP contribution < -0.4 is 0 Å². The maximum absolute atomic E-state index is 9.51. The lowest BCUT2D eigenvalue weighted by atomic mass is 11.9. The fourth-order valence-corrected chi connectivity index (χ4v) is 0. The molecule has 84 valence electrons. The minimum Gasteiger partial charge on any atom is -0.271 e. The standard InChI is InChI=1S/CH2Cl2.2Cl3OP/c2-1-3;2*1-5(2,3)4/h1H2;;. The first-order chi connectivity index (χ1) is 5.41. The van der Waals surface area contributed by atoms with Crippen LogP contribution in [0, 0.1) is 0 Å². The number of halogens is 8. The average Bonchev–Trinajstić information content (AvgIpc) is 1.52. The fourth-order valence-electron chi connectivity index (χ4n) is 0. The smallest absolute Gasteiger partial charge is 0.271 e. The van der Waals surface area contributed by atoms with Crippen LogP contribution in [-0.4, -0.2) is 5.34 Å². The summed E-state index contributed by atoms with van der Waals surface area (Å²) in [6.07, 6.45) is 0. The van der Waals surface area contributed by atoms with Crippen molar-refractivity contribution in [2.24, 2.45) is 0 Å². The van der Waals surface area contributed by atoms with Crippen LogP contribution in [0.4, 0.5) is 0 Å². The van der Waals surface area contributed by atoms with E-state index in [9.17, 15) is 9.13 Å². The van der Waals surface area contributed by atoms with Gasteiger partial charge in [0.2, 0.25) is 0 Å². The number of hydrogen-bond acceptors (Lipinski definition) is 2. The Morgan fingerprint density at radius 2 is 0.692 bits per heavy atom. The van der Waals surface area contributed by atoms with E-state index in [1.165, 1.54) is 0 Å². The van der Waals surface area contributed by atoms with Crippen LogP contribution in [0.3, 0.4) is 0 Å². The molecule has 0 radical (unpaired) electrons. The van der Waals surface area contributed by atoms with Crippen molar-refractivity contribution in [3.05, 3.63) is 0 Å². The molecule has 12 heteroatoms. The largest absolute Gasteiger partial charge is 0.339 e. The molecule has 0 aromatic carbocycles. The summed E-state index contributed by atoms with van der Waals surface area (Å²) in [4.78, 5) is 0. The third-order valence-corrected chi connectivity index (χ3v) is 0. The molecule has 0 fully saturated rings. The maximum Gasteiger partial charge on any atom is 0.339 e. The molecule has 0 aliphatic carbocycles. The van der Waals surface area contributed by atoms with E-state index >= 15 is 0 Å². The Morgan fingerprint density at radius 3 is 0.692 bits per heavy atom. The van der Waals surface area contributed by atoms with E-state index in [-0.39, 0.29) is 5.34 Å². The normalized spacial score (nSPS) is 10.5. The van der Waals surface area contributed by atoms with Crippen molar-refractivity contribution in [1.29, 1.82) is 0 Å². The van der Waals surface area contributed by atoms with Gasteiger partial charge in [-0.2, -0.15) is 0 Å². The van der Waals surface area contributed by atoms with Gasteiger partial charge in [0.1, 0.15) is 0 Å². The van der Waals surface area contributed by atoms with Crippen molar-refractivity contribution in [1.82, 2.24) is 0 Å². The Labute approximate surface area is 115 Å². The zero-order valence-corrected chi connectivity index (χ0v) is 13.3. The zero-order chi connectivity index (χ0) is 11.7. The molecular weight excluding hydrogens is 390 g/mol. The molecule has 0 spiro atoms. The molecule has 0 aromatic heterocycles. The van der Waals surface area contributed by atoms with E-state index in [0.717, 1.165) is 0 Å². The lowest BCUT2D eigenvalue weighted by molar-refractivity contribution is 0.599. The van der Waals surface area contributed by atoms with Crippen molar-refractivity contribution in [3.63, 3.8) is 0 Å². The topological polar surface area (TPSA) is 34.1 Å². The SMILES string of the molecule is ClCCl.O=P(Cl)(Cl)Cl.O=P(Cl)(Cl)Cl. The van der Waals surface area contributed by atoms with E-state index in [0.29, 0.717) is 0 Å². The summed E-state index contributed by atoms with van der Waals surface area (Å²) in [6, 6.07) is 0. The Hall–Kier alpha value is 2.78. The molecule has 0 aliphatic heterocycles. The van der Waals surface area contributed by atoms with Crippen LogP contribution in [0.25, 0.3) is 0 Å². The van der Waals surface area contributed by atoms with Crippen LogP contribution in [-0.2, 0) is 9.13 Å². The highest BCUT2D eigenvalue weighted by Gasteiger charge is 2.03. The Kier molecular flexibility index (Phi) is 18.3. The first-order valence-corrected chi connectivity index (χ1v) is 11.8. The van der Waals surface area contributed by atoms with Gasteiger partial charge >= 0.3 is 10.4 Å². The van der Waals surface area contributed by atoms with E-state index in [1.54, 1.807) is 0 Å². The van der Waals surface area contributed by atoms with Crippen molar-refractivity contribution in [2.75, 3.05) is 5.34 Å². The van der Waals surface area contributed by atoms with E-state index < -0.39 is 10.4 Å². The quantitative estimate of drug-likeness (QED) is 0.328. The van der Waals surface area contributed by atoms with Crippen molar-refractivity contribution < 1.29 is 9.13 Å². The molecule has 0 bridgehead atoms. The summed E-state index contributed by atoms with van der Waals surface area (Å²) < 4.78 is 19.0. The lowest BCUT2D eigenvalue weighted by Crippen LogP contribution is -1.24. The maximum atomic E-state index is 9.51. The molecule has 13 heavy (non-hydrogen) atoms. The zero-order valence-electron chi connectivity index (χ0n) is 5.44. The monoisotopic (exact) mass is 388 g/mol. The Bertz CT molecular complexity index is 144. The highest BCUT2D eigenvalue weighted by molar-refractivity contribution is 8.25. The van der Waals surface area contributed by atoms with Crippen LogP contribution in [0.2, 0.25) is 0 Å². The van der Waals surface area contributed by atoms with Gasteiger partial charge in [-0.05, 0) is 67.4 Å². The van der Waals surface area contributed by atoms with Crippen molar-refractivity contribution in [3.8, 4) is 0 Å². The first-order valence-electron chi connectivity index (χ1n) is 1.91. The predicted octanol–water partition coefficient (Wildman–Crippen LogP) is 7.04. The van der Waals surface area contributed by atoms with Crippen LogP contribution >= 0.6 is 101 Å². The second-order valence-electron chi connectivity index (χ2n) is 0.898. The molecular formula is CH2Cl8O2P2. The van der Waals surface area contributed by atoms with E-state index in [1.807, 2.05) is 0 Å². The van der Waals surface area contributed by atoms with Crippen molar-refractivity contribution in [2.45, 2.75) is 0 Å². The second kappa shape index (κ2) is 11.3. The van der Waals surface area contributed by atoms with Crippen LogP contribution in [0.1, 0.15) is 0 Å².